The molecule has 0 bridgehead atoms. The summed E-state index contributed by atoms with van der Waals surface area (Å²) in [7, 11) is -3.56. The van der Waals surface area contributed by atoms with Crippen LogP contribution in [0.5, 0.6) is 0 Å². The second-order valence-electron chi connectivity index (χ2n) is 6.47. The maximum absolute atomic E-state index is 12.0. The lowest BCUT2D eigenvalue weighted by Gasteiger charge is -2.13. The molecule has 0 amide bonds. The zero-order valence-corrected chi connectivity index (χ0v) is 13.8. The summed E-state index contributed by atoms with van der Waals surface area (Å²) in [5, 5.41) is 14.2. The van der Waals surface area contributed by atoms with E-state index in [-0.39, 0.29) is 16.6 Å². The molecule has 24 heavy (non-hydrogen) atoms. The molecule has 0 heterocycles. The maximum atomic E-state index is 12.0. The summed E-state index contributed by atoms with van der Waals surface area (Å²) < 4.78 is 24.0. The number of nitro groups is 1. The summed E-state index contributed by atoms with van der Waals surface area (Å²) in [5.74, 6) is 0.855. The third kappa shape index (κ3) is 2.36. The third-order valence-electron chi connectivity index (χ3n) is 4.94. The molecule has 3 atom stereocenters. The minimum Gasteiger partial charge on any atom is -0.380 e. The van der Waals surface area contributed by atoms with Gasteiger partial charge < -0.3 is 5.32 Å². The van der Waals surface area contributed by atoms with E-state index in [1.165, 1.54) is 23.3 Å². The molecular formula is C17H16N2O4S. The molecule has 2 aromatic carbocycles. The van der Waals surface area contributed by atoms with Crippen LogP contribution in [0.2, 0.25) is 0 Å². The SMILES string of the molecule is CS(=O)(=O)c1cc([N+](=O)[O-])ccc1NC1C2Cc3ccccc3C21. The van der Waals surface area contributed by atoms with Crippen molar-refractivity contribution in [2.24, 2.45) is 5.92 Å². The number of nitrogens with zero attached hydrogens (tertiary/aromatic N) is 1. The average molecular weight is 344 g/mol. The standard InChI is InChI=1S/C17H16N2O4S/c1-24(22,23)15-9-11(19(20)21)6-7-14(15)18-17-13-8-10-4-2-3-5-12(10)16(13)17/h2-7,9,13,16-18H,8H2,1H3. The molecule has 0 aromatic heterocycles. The second-order valence-corrected chi connectivity index (χ2v) is 8.46. The highest BCUT2D eigenvalue weighted by atomic mass is 32.2. The fraction of sp³-hybridized carbons (Fsp3) is 0.294. The van der Waals surface area contributed by atoms with Gasteiger partial charge in [0.15, 0.2) is 9.84 Å². The van der Waals surface area contributed by atoms with Crippen LogP contribution < -0.4 is 5.32 Å². The van der Waals surface area contributed by atoms with E-state index in [9.17, 15) is 18.5 Å². The van der Waals surface area contributed by atoms with Crippen molar-refractivity contribution in [1.29, 1.82) is 0 Å². The number of hydrogen-bond acceptors (Lipinski definition) is 5. The molecule has 1 fully saturated rings. The maximum Gasteiger partial charge on any atom is 0.270 e. The number of fused-ring (bicyclic) bond motifs is 3. The fourth-order valence-corrected chi connectivity index (χ4v) is 4.64. The van der Waals surface area contributed by atoms with Gasteiger partial charge in [0.25, 0.3) is 5.69 Å². The van der Waals surface area contributed by atoms with E-state index in [0.29, 0.717) is 17.5 Å². The van der Waals surface area contributed by atoms with Gasteiger partial charge in [-0.05, 0) is 29.5 Å². The third-order valence-corrected chi connectivity index (χ3v) is 6.07. The van der Waals surface area contributed by atoms with Gasteiger partial charge in [0.05, 0.1) is 15.5 Å². The summed E-state index contributed by atoms with van der Waals surface area (Å²) in [6.45, 7) is 0. The van der Waals surface area contributed by atoms with Gasteiger partial charge in [-0.25, -0.2) is 8.42 Å². The first-order valence-corrected chi connectivity index (χ1v) is 9.58. The van der Waals surface area contributed by atoms with Crippen LogP contribution in [0.15, 0.2) is 47.4 Å². The molecule has 7 heteroatoms. The van der Waals surface area contributed by atoms with Gasteiger partial charge in [-0.15, -0.1) is 0 Å². The summed E-state index contributed by atoms with van der Waals surface area (Å²) in [4.78, 5) is 10.3. The monoisotopic (exact) mass is 344 g/mol. The Kier molecular flexibility index (Phi) is 3.18. The highest BCUT2D eigenvalue weighted by molar-refractivity contribution is 7.90. The minimum atomic E-state index is -3.56. The molecule has 0 aliphatic heterocycles. The Morgan fingerprint density at radius 2 is 1.96 bits per heavy atom. The normalized spacial score (nSPS) is 24.1. The molecule has 6 nitrogen and oxygen atoms in total. The molecule has 4 rings (SSSR count). The minimum absolute atomic E-state index is 0.0186. The van der Waals surface area contributed by atoms with Crippen molar-refractivity contribution in [2.45, 2.75) is 23.3 Å². The molecule has 2 aromatic rings. The van der Waals surface area contributed by atoms with Crippen molar-refractivity contribution in [3.63, 3.8) is 0 Å². The lowest BCUT2D eigenvalue weighted by atomic mass is 10.1. The van der Waals surface area contributed by atoms with E-state index >= 15 is 0 Å². The van der Waals surface area contributed by atoms with Crippen LogP contribution in [0.4, 0.5) is 11.4 Å². The van der Waals surface area contributed by atoms with Crippen molar-refractivity contribution in [3.8, 4) is 0 Å². The Hall–Kier alpha value is -2.41. The lowest BCUT2D eigenvalue weighted by Crippen LogP contribution is -2.13. The Morgan fingerprint density at radius 1 is 1.21 bits per heavy atom. The first kappa shape index (κ1) is 15.1. The first-order chi connectivity index (χ1) is 11.4. The van der Waals surface area contributed by atoms with Crippen LogP contribution in [-0.4, -0.2) is 25.6 Å². The van der Waals surface area contributed by atoms with Gasteiger partial charge in [-0.1, -0.05) is 24.3 Å². The van der Waals surface area contributed by atoms with Crippen molar-refractivity contribution in [3.05, 3.63) is 63.7 Å². The van der Waals surface area contributed by atoms with E-state index in [4.69, 9.17) is 0 Å². The molecule has 2 aliphatic rings. The lowest BCUT2D eigenvalue weighted by molar-refractivity contribution is -0.385. The second kappa shape index (κ2) is 5.04. The van der Waals surface area contributed by atoms with Crippen molar-refractivity contribution in [1.82, 2.24) is 0 Å². The summed E-state index contributed by atoms with van der Waals surface area (Å²) in [5.41, 5.74) is 2.91. The van der Waals surface area contributed by atoms with Crippen molar-refractivity contribution in [2.75, 3.05) is 11.6 Å². The first-order valence-electron chi connectivity index (χ1n) is 7.69. The molecule has 1 saturated carbocycles. The van der Waals surface area contributed by atoms with Crippen LogP contribution in [0, 0.1) is 16.0 Å². The van der Waals surface area contributed by atoms with Gasteiger partial charge in [0.1, 0.15) is 0 Å². The zero-order chi connectivity index (χ0) is 17.1. The van der Waals surface area contributed by atoms with Crippen LogP contribution >= 0.6 is 0 Å². The average Bonchev–Trinajstić information content (AvgIpc) is 3.03. The Labute approximate surface area is 139 Å². The Morgan fingerprint density at radius 3 is 2.67 bits per heavy atom. The number of benzene rings is 2. The number of nitrogens with one attached hydrogen (secondary N) is 1. The predicted molar refractivity (Wildman–Crippen MR) is 90.0 cm³/mol. The fourth-order valence-electron chi connectivity index (χ4n) is 3.78. The summed E-state index contributed by atoms with van der Waals surface area (Å²) in [6.07, 6.45) is 2.06. The van der Waals surface area contributed by atoms with E-state index in [1.54, 1.807) is 0 Å². The molecule has 0 saturated heterocycles. The highest BCUT2D eigenvalue weighted by Crippen LogP contribution is 2.57. The van der Waals surface area contributed by atoms with Crippen LogP contribution in [0.3, 0.4) is 0 Å². The predicted octanol–water partition coefficient (Wildman–Crippen LogP) is 2.75. The summed E-state index contributed by atoms with van der Waals surface area (Å²) in [6, 6.07) is 12.4. The van der Waals surface area contributed by atoms with Gasteiger partial charge in [-0.2, -0.15) is 0 Å². The molecule has 3 unspecified atom stereocenters. The number of rotatable bonds is 4. The molecule has 1 N–H and O–H groups in total. The van der Waals surface area contributed by atoms with Crippen molar-refractivity contribution < 1.29 is 13.3 Å². The number of nitro benzene ring substituents is 1. The van der Waals surface area contributed by atoms with Gasteiger partial charge >= 0.3 is 0 Å². The Balaban J connectivity index is 1.64. The largest absolute Gasteiger partial charge is 0.380 e. The van der Waals surface area contributed by atoms with Crippen LogP contribution in [0.25, 0.3) is 0 Å². The van der Waals surface area contributed by atoms with E-state index in [2.05, 4.69) is 17.4 Å². The van der Waals surface area contributed by atoms with Crippen molar-refractivity contribution >= 4 is 21.2 Å². The van der Waals surface area contributed by atoms with E-state index in [0.717, 1.165) is 18.7 Å². The number of sulfone groups is 1. The highest BCUT2D eigenvalue weighted by Gasteiger charge is 2.55. The van der Waals surface area contributed by atoms with E-state index in [1.807, 2.05) is 12.1 Å². The van der Waals surface area contributed by atoms with Crippen LogP contribution in [0.1, 0.15) is 17.0 Å². The molecule has 2 aliphatic carbocycles. The molecule has 124 valence electrons. The van der Waals surface area contributed by atoms with E-state index < -0.39 is 14.8 Å². The topological polar surface area (TPSA) is 89.3 Å². The molecule has 0 spiro atoms. The molecular weight excluding hydrogens is 328 g/mol. The quantitative estimate of drug-likeness (QED) is 0.680. The van der Waals surface area contributed by atoms with Gasteiger partial charge in [-0.3, -0.25) is 10.1 Å². The number of non-ortho nitro benzene ring substituents is 1. The smallest absolute Gasteiger partial charge is 0.270 e. The van der Waals surface area contributed by atoms with Crippen LogP contribution in [-0.2, 0) is 16.3 Å². The Bertz CT molecular complexity index is 955. The van der Waals surface area contributed by atoms with Gasteiger partial charge in [0, 0.05) is 30.3 Å². The zero-order valence-electron chi connectivity index (χ0n) is 13.0. The number of hydrogen-bond donors (Lipinski definition) is 1. The summed E-state index contributed by atoms with van der Waals surface area (Å²) >= 11 is 0. The van der Waals surface area contributed by atoms with Gasteiger partial charge in [0.2, 0.25) is 0 Å². The number of anilines is 1. The molecule has 0 radical (unpaired) electrons.